The average Bonchev–Trinajstić information content (AvgIpc) is 3.90. The first-order valence-electron chi connectivity index (χ1n) is 19.2. The molecule has 8 aromatic rings. The summed E-state index contributed by atoms with van der Waals surface area (Å²) < 4.78 is 33.7. The molecule has 57 heavy (non-hydrogen) atoms. The largest absolute Gasteiger partial charge is 0.489 e. The maximum Gasteiger partial charge on any atom is 0.247 e. The van der Waals surface area contributed by atoms with Crippen LogP contribution in [0.25, 0.3) is 0 Å². The molecule has 0 radical (unpaired) electrons. The van der Waals surface area contributed by atoms with Crippen LogP contribution in [0.2, 0.25) is 0 Å². The van der Waals surface area contributed by atoms with Crippen LogP contribution in [0.4, 0.5) is 0 Å². The first-order chi connectivity index (χ1) is 28.1. The third kappa shape index (κ3) is 11.0. The number of benzene rings is 6. The molecule has 0 aliphatic heterocycles. The van der Waals surface area contributed by atoms with Crippen LogP contribution in [-0.4, -0.2) is 9.13 Å². The summed E-state index contributed by atoms with van der Waals surface area (Å²) in [6.07, 6.45) is 12.6. The Morgan fingerprint density at radius 3 is 0.947 bits per heavy atom. The Morgan fingerprint density at radius 2 is 0.649 bits per heavy atom. The topological polar surface area (TPSA) is 54.5 Å². The average molecular weight is 755 g/mol. The van der Waals surface area contributed by atoms with Crippen LogP contribution in [0.1, 0.15) is 33.4 Å². The molecule has 0 fully saturated rings. The Morgan fingerprint density at radius 1 is 0.351 bits per heavy atom. The molecule has 2 aromatic heterocycles. The molecular weight excluding hydrogens is 709 g/mol. The van der Waals surface area contributed by atoms with Crippen molar-refractivity contribution in [2.75, 3.05) is 0 Å². The standard InChI is InChI=1S/C49H46N4O4/c1-5-13-40(14-6-1)33-54-46-25-44(26-47(29-46)55-34-41-15-7-2-8-16-41)31-50-21-23-52(37-50)39-53-24-22-51(38-53)32-45-27-48(56-35-42-17-9-3-10-18-42)30-49(28-45)57-36-43-19-11-4-12-20-43/h1-30,37-38H,31-36,39H2/q+2. The molecular formula is C49H46N4O4+2. The van der Waals surface area contributed by atoms with E-state index in [1.54, 1.807) is 0 Å². The van der Waals surface area contributed by atoms with Crippen molar-refractivity contribution in [1.82, 2.24) is 9.13 Å². The SMILES string of the molecule is c1ccc(COc2cc(Cn3cc[n+](C[n+]4ccn(Cc5cc(OCc6ccccc6)cc(OCc6ccccc6)c5)c4)c3)cc(OCc3ccccc3)c2)cc1. The predicted octanol–water partition coefficient (Wildman–Crippen LogP) is 8.78. The lowest BCUT2D eigenvalue weighted by Crippen LogP contribution is -2.49. The predicted molar refractivity (Wildman–Crippen MR) is 219 cm³/mol. The van der Waals surface area contributed by atoms with Gasteiger partial charge in [-0.25, -0.2) is 9.13 Å². The lowest BCUT2D eigenvalue weighted by atomic mass is 10.2. The Balaban J connectivity index is 0.926. The van der Waals surface area contributed by atoms with E-state index in [1.807, 2.05) is 84.9 Å². The van der Waals surface area contributed by atoms with Crippen molar-refractivity contribution in [2.45, 2.75) is 46.2 Å². The molecule has 0 N–H and O–H groups in total. The van der Waals surface area contributed by atoms with E-state index in [9.17, 15) is 0 Å². The van der Waals surface area contributed by atoms with Crippen molar-refractivity contribution < 1.29 is 28.1 Å². The van der Waals surface area contributed by atoms with Gasteiger partial charge in [0.25, 0.3) is 0 Å². The highest BCUT2D eigenvalue weighted by Gasteiger charge is 2.14. The van der Waals surface area contributed by atoms with Crippen molar-refractivity contribution in [3.05, 3.63) is 229 Å². The minimum absolute atomic E-state index is 0.486. The second-order valence-corrected chi connectivity index (χ2v) is 14.1. The van der Waals surface area contributed by atoms with Gasteiger partial charge in [0.2, 0.25) is 19.3 Å². The quantitative estimate of drug-likeness (QED) is 0.0823. The van der Waals surface area contributed by atoms with Gasteiger partial charge < -0.3 is 18.9 Å². The molecule has 0 spiro atoms. The Bertz CT molecular complexity index is 2150. The number of ether oxygens (including phenoxy) is 4. The first kappa shape index (κ1) is 36.9. The van der Waals surface area contributed by atoms with Gasteiger partial charge in [0.05, 0.1) is 0 Å². The zero-order chi connectivity index (χ0) is 38.5. The third-order valence-corrected chi connectivity index (χ3v) is 9.42. The van der Waals surface area contributed by atoms with E-state index >= 15 is 0 Å². The van der Waals surface area contributed by atoms with E-state index in [0.29, 0.717) is 46.2 Å². The highest BCUT2D eigenvalue weighted by molar-refractivity contribution is 5.40. The van der Waals surface area contributed by atoms with Gasteiger partial charge in [0.1, 0.15) is 87.3 Å². The number of nitrogens with zero attached hydrogens (tertiary/aromatic N) is 4. The fourth-order valence-electron chi connectivity index (χ4n) is 6.58. The Hall–Kier alpha value is -7.06. The molecule has 0 aliphatic rings. The fourth-order valence-corrected chi connectivity index (χ4v) is 6.58. The molecule has 0 atom stereocenters. The molecule has 0 unspecified atom stereocenters. The van der Waals surface area contributed by atoms with Gasteiger partial charge in [0.15, 0.2) is 0 Å². The van der Waals surface area contributed by atoms with Crippen LogP contribution in [0.3, 0.4) is 0 Å². The summed E-state index contributed by atoms with van der Waals surface area (Å²) >= 11 is 0. The number of hydrogen-bond donors (Lipinski definition) is 0. The Labute approximate surface area is 334 Å². The molecule has 284 valence electrons. The minimum atomic E-state index is 0.486. The van der Waals surface area contributed by atoms with Crippen LogP contribution >= 0.6 is 0 Å². The number of aromatic nitrogens is 4. The van der Waals surface area contributed by atoms with E-state index in [4.69, 9.17) is 18.9 Å². The summed E-state index contributed by atoms with van der Waals surface area (Å²) in [5.41, 5.74) is 6.65. The molecule has 8 nitrogen and oxygen atoms in total. The van der Waals surface area contributed by atoms with Crippen LogP contribution in [-0.2, 0) is 46.2 Å². The summed E-state index contributed by atoms with van der Waals surface area (Å²) in [6.45, 7) is 3.94. The molecule has 0 aliphatic carbocycles. The maximum absolute atomic E-state index is 6.25. The van der Waals surface area contributed by atoms with Gasteiger partial charge in [-0.3, -0.25) is 0 Å². The van der Waals surface area contributed by atoms with Gasteiger partial charge in [-0.05, 0) is 46.5 Å². The summed E-state index contributed by atoms with van der Waals surface area (Å²) in [5.74, 6) is 3.11. The molecule has 6 aromatic carbocycles. The number of hydrogen-bond acceptors (Lipinski definition) is 4. The fraction of sp³-hybridized carbons (Fsp3) is 0.143. The minimum Gasteiger partial charge on any atom is -0.489 e. The number of rotatable bonds is 18. The van der Waals surface area contributed by atoms with Crippen molar-refractivity contribution in [2.24, 2.45) is 0 Å². The summed E-state index contributed by atoms with van der Waals surface area (Å²) in [4.78, 5) is 0. The molecule has 0 saturated heterocycles. The molecule has 8 rings (SSSR count). The van der Waals surface area contributed by atoms with Crippen molar-refractivity contribution in [3.63, 3.8) is 0 Å². The maximum atomic E-state index is 6.25. The van der Waals surface area contributed by atoms with E-state index in [0.717, 1.165) is 56.4 Å². The number of imidazole rings is 2. The van der Waals surface area contributed by atoms with Crippen molar-refractivity contribution in [1.29, 1.82) is 0 Å². The van der Waals surface area contributed by atoms with Crippen molar-refractivity contribution in [3.8, 4) is 23.0 Å². The summed E-state index contributed by atoms with van der Waals surface area (Å²) in [7, 11) is 0. The highest BCUT2D eigenvalue weighted by Crippen LogP contribution is 2.27. The lowest BCUT2D eigenvalue weighted by Gasteiger charge is -2.12. The van der Waals surface area contributed by atoms with Gasteiger partial charge in [0, 0.05) is 23.3 Å². The van der Waals surface area contributed by atoms with Gasteiger partial charge in [-0.1, -0.05) is 121 Å². The van der Waals surface area contributed by atoms with Crippen LogP contribution in [0.5, 0.6) is 23.0 Å². The third-order valence-electron chi connectivity index (χ3n) is 9.42. The zero-order valence-corrected chi connectivity index (χ0v) is 31.8. The Kier molecular flexibility index (Phi) is 12.0. The molecule has 0 bridgehead atoms. The second-order valence-electron chi connectivity index (χ2n) is 14.1. The van der Waals surface area contributed by atoms with Crippen molar-refractivity contribution >= 4 is 0 Å². The van der Waals surface area contributed by atoms with E-state index < -0.39 is 0 Å². The van der Waals surface area contributed by atoms with Gasteiger partial charge >= 0.3 is 0 Å². The lowest BCUT2D eigenvalue weighted by molar-refractivity contribution is -0.912. The van der Waals surface area contributed by atoms with Gasteiger partial charge in [-0.15, -0.1) is 0 Å². The van der Waals surface area contributed by atoms with Crippen LogP contribution in [0, 0.1) is 0 Å². The zero-order valence-electron chi connectivity index (χ0n) is 31.8. The van der Waals surface area contributed by atoms with E-state index in [2.05, 4.69) is 129 Å². The van der Waals surface area contributed by atoms with Gasteiger partial charge in [-0.2, -0.15) is 9.13 Å². The summed E-state index contributed by atoms with van der Waals surface area (Å²) in [5, 5.41) is 0. The molecule has 2 heterocycles. The highest BCUT2D eigenvalue weighted by atomic mass is 16.5. The van der Waals surface area contributed by atoms with E-state index in [-0.39, 0.29) is 0 Å². The van der Waals surface area contributed by atoms with E-state index in [1.165, 1.54) is 0 Å². The normalized spacial score (nSPS) is 10.9. The monoisotopic (exact) mass is 754 g/mol. The smallest absolute Gasteiger partial charge is 0.247 e. The second kappa shape index (κ2) is 18.5. The molecule has 0 amide bonds. The van der Waals surface area contributed by atoms with Crippen LogP contribution < -0.4 is 28.1 Å². The first-order valence-corrected chi connectivity index (χ1v) is 19.2. The molecule has 8 heteroatoms. The summed E-state index contributed by atoms with van der Waals surface area (Å²) in [6, 6.07) is 53.2. The van der Waals surface area contributed by atoms with Crippen LogP contribution in [0.15, 0.2) is 195 Å². The molecule has 0 saturated carbocycles.